The molecule has 2 aliphatic rings. The number of hydrogen-bond donors (Lipinski definition) is 0. The molecule has 0 aromatic heterocycles. The van der Waals surface area contributed by atoms with Gasteiger partial charge in [-0.3, -0.25) is 0 Å². The minimum absolute atomic E-state index is 0.0167. The number of rotatable bonds is 6. The summed E-state index contributed by atoms with van der Waals surface area (Å²) >= 11 is 0. The Hall–Kier alpha value is -2.56. The largest absolute Gasteiger partial charge is 0.420 e. The molecule has 182 valence electrons. The second kappa shape index (κ2) is 10.8. The molecule has 2 fully saturated rings. The lowest BCUT2D eigenvalue weighted by atomic mass is 9.63. The van der Waals surface area contributed by atoms with Gasteiger partial charge in [-0.15, -0.1) is 0 Å². The first-order valence-electron chi connectivity index (χ1n) is 12.4. The average Bonchev–Trinajstić information content (AvgIpc) is 2.84. The van der Waals surface area contributed by atoms with E-state index >= 15 is 4.39 Å². The third-order valence-corrected chi connectivity index (χ3v) is 7.82. The van der Waals surface area contributed by atoms with Crippen LogP contribution in [0.5, 0.6) is 5.75 Å². The number of carbonyl (C=O) groups excluding carboxylic acids is 1. The van der Waals surface area contributed by atoms with Gasteiger partial charge in [0.25, 0.3) is 0 Å². The second-order valence-electron chi connectivity index (χ2n) is 9.99. The van der Waals surface area contributed by atoms with Crippen molar-refractivity contribution in [3.05, 3.63) is 76.6 Å². The summed E-state index contributed by atoms with van der Waals surface area (Å²) in [6, 6.07) is 6.87. The van der Waals surface area contributed by atoms with E-state index in [1.807, 2.05) is 0 Å². The van der Waals surface area contributed by atoms with Crippen molar-refractivity contribution in [3.8, 4) is 5.75 Å². The quantitative estimate of drug-likeness (QED) is 0.241. The maximum atomic E-state index is 15.0. The SMILES string of the molecule is C/C=C/CCC1CCC2CC(c3ccc(C(=O)Oc4ccc(C)c(F)c4F)cc3F)CCC2C1. The lowest BCUT2D eigenvalue weighted by molar-refractivity contribution is 0.0726. The third-order valence-electron chi connectivity index (χ3n) is 7.82. The molecule has 0 N–H and O–H groups in total. The molecule has 0 heterocycles. The van der Waals surface area contributed by atoms with Crippen LogP contribution in [0.4, 0.5) is 13.2 Å². The van der Waals surface area contributed by atoms with Crippen LogP contribution in [0.15, 0.2) is 42.5 Å². The Morgan fingerprint density at radius 3 is 2.53 bits per heavy atom. The van der Waals surface area contributed by atoms with E-state index < -0.39 is 29.2 Å². The molecule has 0 spiro atoms. The highest BCUT2D eigenvalue weighted by Gasteiger charge is 2.36. The lowest BCUT2D eigenvalue weighted by Crippen LogP contribution is -2.30. The van der Waals surface area contributed by atoms with Crippen molar-refractivity contribution in [1.82, 2.24) is 0 Å². The smallest absolute Gasteiger partial charge is 0.343 e. The van der Waals surface area contributed by atoms with Gasteiger partial charge < -0.3 is 4.74 Å². The molecule has 0 aliphatic heterocycles. The summed E-state index contributed by atoms with van der Waals surface area (Å²) in [5.74, 6) is -1.80. The fourth-order valence-corrected chi connectivity index (χ4v) is 5.88. The first-order chi connectivity index (χ1) is 16.4. The van der Waals surface area contributed by atoms with Crippen LogP contribution in [0, 0.1) is 42.1 Å². The van der Waals surface area contributed by atoms with Crippen molar-refractivity contribution in [2.75, 3.05) is 0 Å². The van der Waals surface area contributed by atoms with E-state index in [2.05, 4.69) is 19.1 Å². The number of carbonyl (C=O) groups is 1. The Morgan fingerprint density at radius 2 is 1.76 bits per heavy atom. The maximum Gasteiger partial charge on any atom is 0.343 e. The number of fused-ring (bicyclic) bond motifs is 1. The van der Waals surface area contributed by atoms with E-state index in [0.717, 1.165) is 43.6 Å². The zero-order chi connectivity index (χ0) is 24.2. The normalized spacial score (nSPS) is 24.7. The van der Waals surface area contributed by atoms with Gasteiger partial charge >= 0.3 is 5.97 Å². The number of halogens is 3. The predicted octanol–water partition coefficient (Wildman–Crippen LogP) is 8.29. The fraction of sp³-hybridized carbons (Fsp3) is 0.483. The Balaban J connectivity index is 1.38. The zero-order valence-electron chi connectivity index (χ0n) is 20.0. The van der Waals surface area contributed by atoms with Gasteiger partial charge in [0.15, 0.2) is 11.6 Å². The highest BCUT2D eigenvalue weighted by atomic mass is 19.2. The molecular formula is C29H33F3O2. The monoisotopic (exact) mass is 470 g/mol. The summed E-state index contributed by atoms with van der Waals surface area (Å²) in [5.41, 5.74) is 0.735. The lowest BCUT2D eigenvalue weighted by Gasteiger charge is -2.42. The minimum atomic E-state index is -1.22. The Morgan fingerprint density at radius 1 is 1.00 bits per heavy atom. The molecule has 2 nitrogen and oxygen atoms in total. The van der Waals surface area contributed by atoms with Crippen LogP contribution in [-0.2, 0) is 0 Å². The van der Waals surface area contributed by atoms with Crippen LogP contribution in [0.1, 0.15) is 85.7 Å². The summed E-state index contributed by atoms with van der Waals surface area (Å²) in [5, 5.41) is 0. The van der Waals surface area contributed by atoms with Crippen LogP contribution in [0.3, 0.4) is 0 Å². The first-order valence-corrected chi connectivity index (χ1v) is 12.4. The molecule has 2 aliphatic carbocycles. The summed E-state index contributed by atoms with van der Waals surface area (Å²) in [4.78, 5) is 12.4. The molecular weight excluding hydrogens is 437 g/mol. The summed E-state index contributed by atoms with van der Waals surface area (Å²) in [7, 11) is 0. The first kappa shape index (κ1) is 24.6. The van der Waals surface area contributed by atoms with E-state index in [-0.39, 0.29) is 17.0 Å². The van der Waals surface area contributed by atoms with E-state index in [4.69, 9.17) is 4.74 Å². The van der Waals surface area contributed by atoms with Crippen LogP contribution in [0.25, 0.3) is 0 Å². The number of allylic oxidation sites excluding steroid dienone is 2. The van der Waals surface area contributed by atoms with Crippen molar-refractivity contribution in [2.24, 2.45) is 17.8 Å². The van der Waals surface area contributed by atoms with Gasteiger partial charge in [-0.25, -0.2) is 13.6 Å². The van der Waals surface area contributed by atoms with Crippen molar-refractivity contribution >= 4 is 5.97 Å². The Kier molecular flexibility index (Phi) is 7.80. The molecule has 0 saturated heterocycles. The third kappa shape index (κ3) is 5.39. The fourth-order valence-electron chi connectivity index (χ4n) is 5.88. The van der Waals surface area contributed by atoms with Crippen molar-refractivity contribution in [3.63, 3.8) is 0 Å². The number of hydrogen-bond acceptors (Lipinski definition) is 2. The number of esters is 1. The number of ether oxygens (including phenoxy) is 1. The van der Waals surface area contributed by atoms with Gasteiger partial charge in [-0.05, 0) is 112 Å². The highest BCUT2D eigenvalue weighted by Crippen LogP contribution is 2.48. The molecule has 5 heteroatoms. The van der Waals surface area contributed by atoms with E-state index in [1.165, 1.54) is 50.8 Å². The Bertz CT molecular complexity index is 1060. The highest BCUT2D eigenvalue weighted by molar-refractivity contribution is 5.91. The standard InChI is InChI=1S/C29H33F3O2/c1-3-4-5-6-19-8-9-21-16-22(11-10-20(21)15-19)24-13-12-23(17-25(24)30)29(33)34-26-14-7-18(2)27(31)28(26)32/h3-4,7,12-14,17,19-22H,5-6,8-11,15-16H2,1-2H3/b4-3+. The molecule has 2 aromatic rings. The van der Waals surface area contributed by atoms with Gasteiger partial charge in [-0.2, -0.15) is 4.39 Å². The van der Waals surface area contributed by atoms with Crippen molar-refractivity contribution in [1.29, 1.82) is 0 Å². The van der Waals surface area contributed by atoms with Crippen LogP contribution in [0.2, 0.25) is 0 Å². The molecule has 4 unspecified atom stereocenters. The van der Waals surface area contributed by atoms with Gasteiger partial charge in [0.1, 0.15) is 5.82 Å². The van der Waals surface area contributed by atoms with Crippen molar-refractivity contribution < 1.29 is 22.7 Å². The number of aryl methyl sites for hydroxylation is 1. The molecule has 2 aromatic carbocycles. The van der Waals surface area contributed by atoms with E-state index in [1.54, 1.807) is 6.07 Å². The Labute approximate surface area is 200 Å². The molecule has 0 amide bonds. The zero-order valence-corrected chi connectivity index (χ0v) is 20.0. The predicted molar refractivity (Wildman–Crippen MR) is 127 cm³/mol. The number of benzene rings is 2. The van der Waals surface area contributed by atoms with E-state index in [0.29, 0.717) is 11.5 Å². The molecule has 34 heavy (non-hydrogen) atoms. The molecule has 0 radical (unpaired) electrons. The summed E-state index contributed by atoms with van der Waals surface area (Å²) in [6.45, 7) is 3.49. The average molecular weight is 471 g/mol. The molecule has 4 atom stereocenters. The van der Waals surface area contributed by atoms with Gasteiger partial charge in [0, 0.05) is 0 Å². The minimum Gasteiger partial charge on any atom is -0.420 e. The van der Waals surface area contributed by atoms with Crippen LogP contribution < -0.4 is 4.74 Å². The molecule has 4 rings (SSSR count). The van der Waals surface area contributed by atoms with Crippen molar-refractivity contribution in [2.45, 2.75) is 71.1 Å². The van der Waals surface area contributed by atoms with Crippen LogP contribution in [-0.4, -0.2) is 5.97 Å². The van der Waals surface area contributed by atoms with Gasteiger partial charge in [0.05, 0.1) is 5.56 Å². The summed E-state index contributed by atoms with van der Waals surface area (Å²) < 4.78 is 47.8. The van der Waals surface area contributed by atoms with Crippen LogP contribution >= 0.6 is 0 Å². The van der Waals surface area contributed by atoms with Gasteiger partial charge in [0.2, 0.25) is 5.82 Å². The maximum absolute atomic E-state index is 15.0. The topological polar surface area (TPSA) is 26.3 Å². The molecule has 2 saturated carbocycles. The molecule has 0 bridgehead atoms. The van der Waals surface area contributed by atoms with E-state index in [9.17, 15) is 13.6 Å². The summed E-state index contributed by atoms with van der Waals surface area (Å²) in [6.07, 6.45) is 13.6. The van der Waals surface area contributed by atoms with Gasteiger partial charge in [-0.1, -0.05) is 30.7 Å². The second-order valence-corrected chi connectivity index (χ2v) is 9.99.